The van der Waals surface area contributed by atoms with Crippen molar-refractivity contribution in [2.45, 2.75) is 30.6 Å². The molecule has 0 bridgehead atoms. The van der Waals surface area contributed by atoms with E-state index in [0.717, 1.165) is 36.2 Å². The quantitative estimate of drug-likeness (QED) is 0.782. The molecule has 2 aliphatic rings. The van der Waals surface area contributed by atoms with Gasteiger partial charge in [-0.25, -0.2) is 0 Å². The molecule has 2 aromatic carbocycles. The highest BCUT2D eigenvalue weighted by atomic mass is 16.5. The fraction of sp³-hybridized carbons (Fsp3) is 0.300. The van der Waals surface area contributed by atoms with E-state index in [-0.39, 0.29) is 5.97 Å². The minimum atomic E-state index is -0.704. The highest BCUT2D eigenvalue weighted by Crippen LogP contribution is 2.51. The number of para-hydroxylation sites is 1. The number of aliphatic imine (C=N–C) groups is 1. The molecule has 0 aromatic heterocycles. The molecule has 0 amide bonds. The Hall–Kier alpha value is -2.42. The Labute approximate surface area is 136 Å². The zero-order chi connectivity index (χ0) is 15.9. The Bertz CT molecular complexity index is 781. The molecular formula is C20H19NO2. The summed E-state index contributed by atoms with van der Waals surface area (Å²) in [7, 11) is 1.47. The highest BCUT2D eigenvalue weighted by molar-refractivity contribution is 6.17. The van der Waals surface area contributed by atoms with Crippen LogP contribution in [0.15, 0.2) is 59.6 Å². The van der Waals surface area contributed by atoms with E-state index in [1.807, 2.05) is 30.3 Å². The number of carbonyl (C=O) groups excluding carboxylic acids is 1. The Morgan fingerprint density at radius 2 is 1.87 bits per heavy atom. The number of rotatable bonds is 2. The summed E-state index contributed by atoms with van der Waals surface area (Å²) in [4.78, 5) is 17.6. The van der Waals surface area contributed by atoms with Gasteiger partial charge >= 0.3 is 5.97 Å². The molecule has 3 heteroatoms. The SMILES string of the molecule is COC(=O)[C@@]12C[C@@H](c3ccccc3)CCC1=Nc1ccccc12. The van der Waals surface area contributed by atoms with Crippen molar-refractivity contribution in [2.24, 2.45) is 4.99 Å². The molecular weight excluding hydrogens is 286 g/mol. The van der Waals surface area contributed by atoms with E-state index in [9.17, 15) is 4.79 Å². The average Bonchev–Trinajstić information content (AvgIpc) is 2.96. The van der Waals surface area contributed by atoms with Crippen LogP contribution in [-0.4, -0.2) is 18.8 Å². The summed E-state index contributed by atoms with van der Waals surface area (Å²) in [5.41, 5.74) is 3.48. The molecule has 0 radical (unpaired) electrons. The lowest BCUT2D eigenvalue weighted by Crippen LogP contribution is -2.46. The number of benzene rings is 2. The highest BCUT2D eigenvalue weighted by Gasteiger charge is 2.53. The van der Waals surface area contributed by atoms with E-state index in [1.54, 1.807) is 0 Å². The molecule has 2 atom stereocenters. The molecule has 0 saturated heterocycles. The number of ether oxygens (including phenoxy) is 1. The molecule has 23 heavy (non-hydrogen) atoms. The van der Waals surface area contributed by atoms with Gasteiger partial charge in [0.05, 0.1) is 12.8 Å². The zero-order valence-electron chi connectivity index (χ0n) is 13.2. The van der Waals surface area contributed by atoms with E-state index in [0.29, 0.717) is 5.92 Å². The van der Waals surface area contributed by atoms with Crippen LogP contribution in [0.5, 0.6) is 0 Å². The van der Waals surface area contributed by atoms with Crippen molar-refractivity contribution in [1.82, 2.24) is 0 Å². The first-order valence-electron chi connectivity index (χ1n) is 8.06. The van der Waals surface area contributed by atoms with Crippen LogP contribution in [-0.2, 0) is 14.9 Å². The maximum absolute atomic E-state index is 12.8. The number of hydrogen-bond acceptors (Lipinski definition) is 3. The van der Waals surface area contributed by atoms with Gasteiger partial charge in [0.15, 0.2) is 0 Å². The van der Waals surface area contributed by atoms with Crippen molar-refractivity contribution in [1.29, 1.82) is 0 Å². The van der Waals surface area contributed by atoms with Gasteiger partial charge in [0, 0.05) is 11.3 Å². The lowest BCUT2D eigenvalue weighted by atomic mass is 9.64. The number of hydrogen-bond donors (Lipinski definition) is 0. The maximum Gasteiger partial charge on any atom is 0.322 e. The second-order valence-corrected chi connectivity index (χ2v) is 6.32. The van der Waals surface area contributed by atoms with Crippen LogP contribution in [0, 0.1) is 0 Å². The van der Waals surface area contributed by atoms with Crippen molar-refractivity contribution in [3.8, 4) is 0 Å². The topological polar surface area (TPSA) is 38.7 Å². The van der Waals surface area contributed by atoms with Gasteiger partial charge in [-0.2, -0.15) is 0 Å². The Morgan fingerprint density at radius 3 is 2.65 bits per heavy atom. The van der Waals surface area contributed by atoms with Crippen LogP contribution < -0.4 is 0 Å². The van der Waals surface area contributed by atoms with Crippen LogP contribution in [0.3, 0.4) is 0 Å². The fourth-order valence-corrected chi connectivity index (χ4v) is 4.10. The third kappa shape index (κ3) is 2.03. The molecule has 0 spiro atoms. The van der Waals surface area contributed by atoms with Gasteiger partial charge in [-0.3, -0.25) is 9.79 Å². The van der Waals surface area contributed by atoms with Crippen molar-refractivity contribution < 1.29 is 9.53 Å². The van der Waals surface area contributed by atoms with Gasteiger partial charge in [-0.15, -0.1) is 0 Å². The first-order chi connectivity index (χ1) is 11.3. The first kappa shape index (κ1) is 14.2. The van der Waals surface area contributed by atoms with Crippen molar-refractivity contribution in [3.63, 3.8) is 0 Å². The molecule has 116 valence electrons. The van der Waals surface area contributed by atoms with Gasteiger partial charge < -0.3 is 4.74 Å². The number of fused-ring (bicyclic) bond motifs is 3. The summed E-state index contributed by atoms with van der Waals surface area (Å²) in [5.74, 6) is 0.169. The van der Waals surface area contributed by atoms with E-state index < -0.39 is 5.41 Å². The minimum Gasteiger partial charge on any atom is -0.468 e. The van der Waals surface area contributed by atoms with Crippen molar-refractivity contribution in [2.75, 3.05) is 7.11 Å². The molecule has 3 nitrogen and oxygen atoms in total. The molecule has 1 aliphatic heterocycles. The largest absolute Gasteiger partial charge is 0.468 e. The summed E-state index contributed by atoms with van der Waals surface area (Å²) in [6.45, 7) is 0. The Balaban J connectivity index is 1.82. The van der Waals surface area contributed by atoms with Crippen LogP contribution in [0.4, 0.5) is 5.69 Å². The second-order valence-electron chi connectivity index (χ2n) is 6.32. The summed E-state index contributed by atoms with van der Waals surface area (Å²) < 4.78 is 5.22. The lowest BCUT2D eigenvalue weighted by molar-refractivity contribution is -0.145. The Kier molecular flexibility index (Phi) is 3.29. The van der Waals surface area contributed by atoms with Crippen LogP contribution in [0.1, 0.15) is 36.3 Å². The van der Waals surface area contributed by atoms with Crippen LogP contribution >= 0.6 is 0 Å². The number of esters is 1. The zero-order valence-corrected chi connectivity index (χ0v) is 13.2. The molecule has 1 heterocycles. The van der Waals surface area contributed by atoms with Crippen molar-refractivity contribution >= 4 is 17.4 Å². The van der Waals surface area contributed by atoms with E-state index in [2.05, 4.69) is 24.3 Å². The van der Waals surface area contributed by atoms with Crippen LogP contribution in [0.25, 0.3) is 0 Å². The molecule has 1 aliphatic carbocycles. The molecule has 1 fully saturated rings. The number of carbonyl (C=O) groups is 1. The Morgan fingerprint density at radius 1 is 1.13 bits per heavy atom. The fourth-order valence-electron chi connectivity index (χ4n) is 4.10. The van der Waals surface area contributed by atoms with Gasteiger partial charge in [-0.1, -0.05) is 48.5 Å². The number of methoxy groups -OCH3 is 1. The van der Waals surface area contributed by atoms with E-state index in [4.69, 9.17) is 9.73 Å². The normalized spacial score (nSPS) is 25.3. The molecule has 2 aromatic rings. The van der Waals surface area contributed by atoms with Gasteiger partial charge in [0.25, 0.3) is 0 Å². The first-order valence-corrected chi connectivity index (χ1v) is 8.06. The lowest BCUT2D eigenvalue weighted by Gasteiger charge is -2.37. The average molecular weight is 305 g/mol. The monoisotopic (exact) mass is 305 g/mol. The predicted molar refractivity (Wildman–Crippen MR) is 90.3 cm³/mol. The maximum atomic E-state index is 12.8. The summed E-state index contributed by atoms with van der Waals surface area (Å²) in [6, 6.07) is 18.4. The van der Waals surface area contributed by atoms with Crippen LogP contribution in [0.2, 0.25) is 0 Å². The summed E-state index contributed by atoms with van der Waals surface area (Å²) in [5, 5.41) is 0. The molecule has 1 saturated carbocycles. The van der Waals surface area contributed by atoms with E-state index in [1.165, 1.54) is 12.7 Å². The van der Waals surface area contributed by atoms with E-state index >= 15 is 0 Å². The molecule has 0 N–H and O–H groups in total. The second kappa shape index (κ2) is 5.34. The smallest absolute Gasteiger partial charge is 0.322 e. The summed E-state index contributed by atoms with van der Waals surface area (Å²) in [6.07, 6.45) is 2.60. The molecule has 0 unspecified atom stereocenters. The summed E-state index contributed by atoms with van der Waals surface area (Å²) >= 11 is 0. The van der Waals surface area contributed by atoms with Gasteiger partial charge in [-0.05, 0) is 36.8 Å². The molecule has 4 rings (SSSR count). The third-order valence-corrected chi connectivity index (χ3v) is 5.20. The van der Waals surface area contributed by atoms with Gasteiger partial charge in [0.1, 0.15) is 5.41 Å². The minimum absolute atomic E-state index is 0.179. The van der Waals surface area contributed by atoms with Crippen molar-refractivity contribution in [3.05, 3.63) is 65.7 Å². The number of nitrogens with zero attached hydrogens (tertiary/aromatic N) is 1. The standard InChI is InChI=1S/C20H19NO2/c1-23-19(22)20-13-15(14-7-3-2-4-8-14)11-12-18(20)21-17-10-6-5-9-16(17)20/h2-10,15H,11-13H2,1H3/t15-,20+/m0/s1. The third-order valence-electron chi connectivity index (χ3n) is 5.20. The predicted octanol–water partition coefficient (Wildman–Crippen LogP) is 4.15. The van der Waals surface area contributed by atoms with Gasteiger partial charge in [0.2, 0.25) is 0 Å².